The third kappa shape index (κ3) is 2.86. The molecule has 1 fully saturated rings. The van der Waals surface area contributed by atoms with Crippen LogP contribution < -0.4 is 4.90 Å². The van der Waals surface area contributed by atoms with Crippen LogP contribution in [0.4, 0.5) is 16.2 Å². The Labute approximate surface area is 122 Å². The molecule has 112 valence electrons. The van der Waals surface area contributed by atoms with Crippen LogP contribution in [0.25, 0.3) is 0 Å². The Morgan fingerprint density at radius 2 is 1.71 bits per heavy atom. The van der Waals surface area contributed by atoms with Gasteiger partial charge in [0.25, 0.3) is 5.69 Å². The van der Waals surface area contributed by atoms with E-state index in [4.69, 9.17) is 0 Å². The molecule has 0 aliphatic carbocycles. The topological polar surface area (TPSA) is 83.8 Å². The molecule has 0 radical (unpaired) electrons. The van der Waals surface area contributed by atoms with Crippen LogP contribution in [0.3, 0.4) is 0 Å². The lowest BCUT2D eigenvalue weighted by Gasteiger charge is -2.41. The first-order chi connectivity index (χ1) is 9.71. The summed E-state index contributed by atoms with van der Waals surface area (Å²) < 4.78 is 0. The molecule has 0 unspecified atom stereocenters. The molecule has 7 nitrogen and oxygen atoms in total. The zero-order chi connectivity index (χ0) is 15.8. The van der Waals surface area contributed by atoms with Gasteiger partial charge in [-0.05, 0) is 32.9 Å². The summed E-state index contributed by atoms with van der Waals surface area (Å²) in [4.78, 5) is 37.4. The second kappa shape index (κ2) is 5.16. The summed E-state index contributed by atoms with van der Waals surface area (Å²) in [6.45, 7) is 6.07. The summed E-state index contributed by atoms with van der Waals surface area (Å²) in [7, 11) is 0. The van der Waals surface area contributed by atoms with Gasteiger partial charge in [-0.1, -0.05) is 0 Å². The van der Waals surface area contributed by atoms with E-state index in [1.54, 1.807) is 4.90 Å². The summed E-state index contributed by atoms with van der Waals surface area (Å²) in [5, 5.41) is 10.7. The molecule has 0 spiro atoms. The van der Waals surface area contributed by atoms with Crippen LogP contribution in [0.5, 0.6) is 0 Å². The number of anilines is 1. The number of imide groups is 1. The second-order valence-corrected chi connectivity index (χ2v) is 5.86. The minimum Gasteiger partial charge on any atom is -0.319 e. The Morgan fingerprint density at radius 3 is 2.19 bits per heavy atom. The molecule has 2 rings (SSSR count). The summed E-state index contributed by atoms with van der Waals surface area (Å²) in [6.07, 6.45) is 0.236. The van der Waals surface area contributed by atoms with Crippen molar-refractivity contribution in [3.63, 3.8) is 0 Å². The number of nitrogens with zero attached hydrogens (tertiary/aromatic N) is 3. The zero-order valence-corrected chi connectivity index (χ0v) is 12.2. The van der Waals surface area contributed by atoms with Crippen molar-refractivity contribution >= 4 is 23.3 Å². The van der Waals surface area contributed by atoms with Gasteiger partial charge in [-0.15, -0.1) is 0 Å². The molecule has 1 aromatic carbocycles. The molecule has 1 aliphatic heterocycles. The maximum atomic E-state index is 12.5. The van der Waals surface area contributed by atoms with E-state index < -0.39 is 16.5 Å². The van der Waals surface area contributed by atoms with Gasteiger partial charge in [0, 0.05) is 30.6 Å². The predicted octanol–water partition coefficient (Wildman–Crippen LogP) is 2.55. The molecule has 3 amide bonds. The Balaban J connectivity index is 2.34. The van der Waals surface area contributed by atoms with Gasteiger partial charge in [0.05, 0.1) is 10.6 Å². The molecule has 1 aliphatic rings. The van der Waals surface area contributed by atoms with Gasteiger partial charge in [-0.25, -0.2) is 9.69 Å². The van der Waals surface area contributed by atoms with Crippen molar-refractivity contribution in [2.75, 3.05) is 11.4 Å². The maximum absolute atomic E-state index is 12.5. The highest BCUT2D eigenvalue weighted by atomic mass is 16.6. The Bertz CT molecular complexity index is 589. The third-order valence-electron chi connectivity index (χ3n) is 3.35. The number of hydrogen-bond acceptors (Lipinski definition) is 4. The van der Waals surface area contributed by atoms with E-state index in [1.807, 2.05) is 20.8 Å². The van der Waals surface area contributed by atoms with Gasteiger partial charge < -0.3 is 4.90 Å². The van der Waals surface area contributed by atoms with Crippen molar-refractivity contribution < 1.29 is 14.5 Å². The number of amides is 3. The molecule has 0 saturated carbocycles. The fraction of sp³-hybridized carbons (Fsp3) is 0.429. The van der Waals surface area contributed by atoms with Gasteiger partial charge in [-0.3, -0.25) is 14.9 Å². The van der Waals surface area contributed by atoms with E-state index in [-0.39, 0.29) is 18.0 Å². The number of benzene rings is 1. The minimum absolute atomic E-state index is 0.0802. The van der Waals surface area contributed by atoms with Crippen molar-refractivity contribution in [2.24, 2.45) is 0 Å². The number of nitro groups is 1. The lowest BCUT2D eigenvalue weighted by molar-refractivity contribution is -0.384. The van der Waals surface area contributed by atoms with Crippen LogP contribution in [0.1, 0.15) is 27.2 Å². The molecule has 1 saturated heterocycles. The molecule has 0 bridgehead atoms. The first kappa shape index (κ1) is 15.0. The van der Waals surface area contributed by atoms with E-state index in [1.165, 1.54) is 24.3 Å². The van der Waals surface area contributed by atoms with E-state index in [0.29, 0.717) is 12.2 Å². The maximum Gasteiger partial charge on any atom is 0.331 e. The van der Waals surface area contributed by atoms with Gasteiger partial charge in [0.1, 0.15) is 0 Å². The Hall–Kier alpha value is -2.44. The zero-order valence-electron chi connectivity index (χ0n) is 12.2. The molecule has 0 aromatic heterocycles. The molecule has 21 heavy (non-hydrogen) atoms. The fourth-order valence-corrected chi connectivity index (χ4v) is 2.24. The molecule has 1 aromatic rings. The molecule has 1 heterocycles. The smallest absolute Gasteiger partial charge is 0.319 e. The second-order valence-electron chi connectivity index (χ2n) is 5.86. The number of rotatable bonds is 2. The lowest BCUT2D eigenvalue weighted by Crippen LogP contribution is -2.58. The summed E-state index contributed by atoms with van der Waals surface area (Å²) in [5.74, 6) is -0.297. The third-order valence-corrected chi connectivity index (χ3v) is 3.35. The predicted molar refractivity (Wildman–Crippen MR) is 77.1 cm³/mol. The van der Waals surface area contributed by atoms with Crippen molar-refractivity contribution in [1.29, 1.82) is 0 Å². The number of carbonyl (C=O) groups is 2. The Kier molecular flexibility index (Phi) is 3.67. The van der Waals surface area contributed by atoms with E-state index in [0.717, 1.165) is 4.90 Å². The van der Waals surface area contributed by atoms with Gasteiger partial charge >= 0.3 is 6.03 Å². The normalized spacial score (nSPS) is 16.3. The number of nitro benzene ring substituents is 1. The summed E-state index contributed by atoms with van der Waals surface area (Å²) in [6, 6.07) is 5.01. The average molecular weight is 291 g/mol. The standard InChI is InChI=1S/C14H17N3O4/c1-14(2,3)15-9-8-12(18)16(13(15)19)10-4-6-11(7-5-10)17(20)21/h4-7H,8-9H2,1-3H3. The number of urea groups is 1. The first-order valence-corrected chi connectivity index (χ1v) is 6.61. The largest absolute Gasteiger partial charge is 0.331 e. The SMILES string of the molecule is CC(C)(C)N1CCC(=O)N(c2ccc([N+](=O)[O-])cc2)C1=O. The van der Waals surface area contributed by atoms with E-state index in [9.17, 15) is 19.7 Å². The molecular weight excluding hydrogens is 274 g/mol. The molecule has 0 atom stereocenters. The highest BCUT2D eigenvalue weighted by Gasteiger charge is 2.38. The van der Waals surface area contributed by atoms with Crippen LogP contribution in [0.2, 0.25) is 0 Å². The fourth-order valence-electron chi connectivity index (χ4n) is 2.24. The van der Waals surface area contributed by atoms with Crippen LogP contribution >= 0.6 is 0 Å². The molecule has 0 N–H and O–H groups in total. The quantitative estimate of drug-likeness (QED) is 0.619. The monoisotopic (exact) mass is 291 g/mol. The minimum atomic E-state index is -0.523. The van der Waals surface area contributed by atoms with Crippen LogP contribution in [-0.4, -0.2) is 33.8 Å². The number of carbonyl (C=O) groups excluding carboxylic acids is 2. The average Bonchev–Trinajstić information content (AvgIpc) is 2.37. The van der Waals surface area contributed by atoms with E-state index >= 15 is 0 Å². The van der Waals surface area contributed by atoms with Gasteiger partial charge in [0.2, 0.25) is 5.91 Å². The lowest BCUT2D eigenvalue weighted by atomic mass is 10.0. The van der Waals surface area contributed by atoms with Crippen LogP contribution in [0, 0.1) is 10.1 Å². The van der Waals surface area contributed by atoms with Crippen molar-refractivity contribution in [3.05, 3.63) is 34.4 Å². The number of hydrogen-bond donors (Lipinski definition) is 0. The van der Waals surface area contributed by atoms with Gasteiger partial charge in [0.15, 0.2) is 0 Å². The van der Waals surface area contributed by atoms with Crippen molar-refractivity contribution in [2.45, 2.75) is 32.7 Å². The van der Waals surface area contributed by atoms with Crippen LogP contribution in [-0.2, 0) is 4.79 Å². The summed E-state index contributed by atoms with van der Waals surface area (Å²) in [5.41, 5.74) is -0.121. The summed E-state index contributed by atoms with van der Waals surface area (Å²) >= 11 is 0. The molecule has 7 heteroatoms. The van der Waals surface area contributed by atoms with Gasteiger partial charge in [-0.2, -0.15) is 0 Å². The first-order valence-electron chi connectivity index (χ1n) is 6.61. The highest BCUT2D eigenvalue weighted by molar-refractivity contribution is 6.15. The molecular formula is C14H17N3O4. The van der Waals surface area contributed by atoms with Crippen molar-refractivity contribution in [3.8, 4) is 0 Å². The van der Waals surface area contributed by atoms with E-state index in [2.05, 4.69) is 0 Å². The number of non-ortho nitro benzene ring substituents is 1. The van der Waals surface area contributed by atoms with Crippen molar-refractivity contribution in [1.82, 2.24) is 4.90 Å². The highest BCUT2D eigenvalue weighted by Crippen LogP contribution is 2.27. The Morgan fingerprint density at radius 1 is 1.14 bits per heavy atom. The van der Waals surface area contributed by atoms with Crippen LogP contribution in [0.15, 0.2) is 24.3 Å².